The van der Waals surface area contributed by atoms with Crippen molar-refractivity contribution in [2.45, 2.75) is 24.9 Å². The molecule has 0 fully saturated rings. The van der Waals surface area contributed by atoms with E-state index in [1.807, 2.05) is 12.1 Å². The van der Waals surface area contributed by atoms with Crippen LogP contribution in [-0.4, -0.2) is 45.0 Å². The molecule has 2 aliphatic rings. The highest BCUT2D eigenvalue weighted by Crippen LogP contribution is 2.37. The van der Waals surface area contributed by atoms with E-state index in [1.54, 1.807) is 48.8 Å². The van der Waals surface area contributed by atoms with E-state index in [1.165, 1.54) is 24.8 Å². The quantitative estimate of drug-likeness (QED) is 0.0944. The Morgan fingerprint density at radius 2 is 1.21 bits per heavy atom. The van der Waals surface area contributed by atoms with Gasteiger partial charge < -0.3 is 31.2 Å². The highest BCUT2D eigenvalue weighted by atomic mass is 35.5. The van der Waals surface area contributed by atoms with Gasteiger partial charge in [-0.1, -0.05) is 35.9 Å². The van der Waals surface area contributed by atoms with Crippen molar-refractivity contribution in [3.8, 4) is 11.5 Å². The second-order valence-corrected chi connectivity index (χ2v) is 12.7. The zero-order valence-corrected chi connectivity index (χ0v) is 31.7. The Hall–Kier alpha value is -6.36. The Kier molecular flexibility index (Phi) is 14.9. The summed E-state index contributed by atoms with van der Waals surface area (Å²) in [6.07, 6.45) is 7.47. The number of carbonyl (C=O) groups is 2. The molecule has 58 heavy (non-hydrogen) atoms. The lowest BCUT2D eigenvalue weighted by molar-refractivity contribution is 0.101. The Bertz CT molecular complexity index is 2350. The van der Waals surface area contributed by atoms with Crippen LogP contribution in [0.25, 0.3) is 0 Å². The lowest BCUT2D eigenvalue weighted by atomic mass is 9.97. The molecule has 0 radical (unpaired) electrons. The largest absolute Gasteiger partial charge is 0.492 e. The van der Waals surface area contributed by atoms with E-state index in [9.17, 15) is 27.2 Å². The molecule has 5 N–H and O–H groups in total. The number of aromatic nitrogens is 4. The lowest BCUT2D eigenvalue weighted by Crippen LogP contribution is -2.23. The predicted molar refractivity (Wildman–Crippen MR) is 211 cm³/mol. The van der Waals surface area contributed by atoms with Crippen molar-refractivity contribution in [1.82, 2.24) is 19.9 Å². The van der Waals surface area contributed by atoms with Crippen molar-refractivity contribution >= 4 is 53.0 Å². The van der Waals surface area contributed by atoms with Crippen molar-refractivity contribution < 1.29 is 36.6 Å². The number of anilines is 3. The molecule has 8 rings (SSSR count). The summed E-state index contributed by atoms with van der Waals surface area (Å²) in [6, 6.07) is 19.9. The van der Waals surface area contributed by atoms with Gasteiger partial charge in [0.15, 0.2) is 23.3 Å². The Morgan fingerprint density at radius 1 is 0.672 bits per heavy atom. The third-order valence-electron chi connectivity index (χ3n) is 8.49. The molecule has 4 heterocycles. The number of fused-ring (bicyclic) bond motifs is 2. The van der Waals surface area contributed by atoms with Gasteiger partial charge in [0.25, 0.3) is 11.8 Å². The summed E-state index contributed by atoms with van der Waals surface area (Å²) in [7, 11) is 0. The van der Waals surface area contributed by atoms with Gasteiger partial charge in [0, 0.05) is 65.9 Å². The zero-order chi connectivity index (χ0) is 40.3. The van der Waals surface area contributed by atoms with Crippen LogP contribution in [0.3, 0.4) is 0 Å². The molecule has 0 aliphatic carbocycles. The monoisotopic (exact) mass is 836 g/mol. The van der Waals surface area contributed by atoms with Gasteiger partial charge in [0.1, 0.15) is 35.1 Å². The molecular weight excluding hydrogens is 803 g/mol. The summed E-state index contributed by atoms with van der Waals surface area (Å²) in [6.45, 7) is 0.856. The molecule has 2 amide bonds. The first-order valence-electron chi connectivity index (χ1n) is 17.3. The maximum Gasteiger partial charge on any atom is 0.259 e. The molecule has 4 aromatic carbocycles. The number of para-hydroxylation sites is 2. The fourth-order valence-corrected chi connectivity index (χ4v) is 5.86. The highest BCUT2D eigenvalue weighted by molar-refractivity contribution is 6.29. The maximum atomic E-state index is 13.4. The van der Waals surface area contributed by atoms with E-state index in [0.29, 0.717) is 59.7 Å². The van der Waals surface area contributed by atoms with Crippen molar-refractivity contribution in [3.05, 3.63) is 161 Å². The summed E-state index contributed by atoms with van der Waals surface area (Å²) >= 11 is 5.39. The number of nitrogens with two attached hydrogens (primary N) is 1. The molecule has 0 bridgehead atoms. The highest BCUT2D eigenvalue weighted by Gasteiger charge is 2.27. The minimum Gasteiger partial charge on any atom is -0.492 e. The SMILES string of the molecule is Cl.Clc1ccncn1.N[C@H]1CCOc2c(C(=O)Nc3ccc(F)c(F)c3)cccc21.O=C(Nc1ccc(F)c(F)c1)c1cccc2c1OCC[C@@H]2Nc1ccncn1. The average molecular weight is 838 g/mol. The number of nitrogens with one attached hydrogen (secondary N) is 3. The van der Waals surface area contributed by atoms with Gasteiger partial charge in [-0.2, -0.15) is 0 Å². The number of amides is 2. The first-order chi connectivity index (χ1) is 27.6. The zero-order valence-electron chi connectivity index (χ0n) is 30.2. The third-order valence-corrected chi connectivity index (χ3v) is 8.71. The summed E-state index contributed by atoms with van der Waals surface area (Å²) in [4.78, 5) is 40.4. The van der Waals surface area contributed by atoms with E-state index >= 15 is 0 Å². The molecule has 0 saturated carbocycles. The average Bonchev–Trinajstić information content (AvgIpc) is 3.22. The van der Waals surface area contributed by atoms with Crippen LogP contribution in [0.5, 0.6) is 11.5 Å². The van der Waals surface area contributed by atoms with Crippen molar-refractivity contribution in [2.75, 3.05) is 29.2 Å². The number of carbonyl (C=O) groups excluding carboxylic acids is 2. The fraction of sp³-hybridized carbons (Fsp3) is 0.150. The maximum absolute atomic E-state index is 13.4. The summed E-state index contributed by atoms with van der Waals surface area (Å²) in [5.74, 6) is -3.35. The third kappa shape index (κ3) is 10.9. The number of hydrogen-bond donors (Lipinski definition) is 4. The molecule has 12 nitrogen and oxygen atoms in total. The smallest absolute Gasteiger partial charge is 0.259 e. The molecule has 2 atom stereocenters. The Morgan fingerprint density at radius 3 is 1.71 bits per heavy atom. The molecule has 6 aromatic rings. The van der Waals surface area contributed by atoms with E-state index in [4.69, 9.17) is 26.8 Å². The second-order valence-electron chi connectivity index (χ2n) is 12.3. The van der Waals surface area contributed by atoms with Crippen LogP contribution in [0, 0.1) is 23.3 Å². The predicted octanol–water partition coefficient (Wildman–Crippen LogP) is 8.49. The molecular formula is C40H34Cl2F4N8O4. The fourth-order valence-electron chi connectivity index (χ4n) is 5.76. The normalized spacial score (nSPS) is 14.7. The van der Waals surface area contributed by atoms with Crippen molar-refractivity contribution in [2.24, 2.45) is 5.73 Å². The number of ether oxygens (including phenoxy) is 2. The van der Waals surface area contributed by atoms with E-state index in [0.717, 1.165) is 35.4 Å². The molecule has 0 unspecified atom stereocenters. The Labute approximate surface area is 340 Å². The van der Waals surface area contributed by atoms with Crippen LogP contribution >= 0.6 is 24.0 Å². The minimum atomic E-state index is -1.03. The second kappa shape index (κ2) is 20.2. The summed E-state index contributed by atoms with van der Waals surface area (Å²) in [5, 5.41) is 8.89. The summed E-state index contributed by atoms with van der Waals surface area (Å²) < 4.78 is 63.9. The first-order valence-corrected chi connectivity index (χ1v) is 17.7. The molecule has 2 aliphatic heterocycles. The van der Waals surface area contributed by atoms with Crippen LogP contribution in [0.4, 0.5) is 34.8 Å². The van der Waals surface area contributed by atoms with Gasteiger partial charge in [-0.25, -0.2) is 37.5 Å². The molecule has 0 saturated heterocycles. The van der Waals surface area contributed by atoms with Gasteiger partial charge in [-0.05, 0) is 48.5 Å². The first kappa shape index (κ1) is 42.8. The molecule has 300 valence electrons. The van der Waals surface area contributed by atoms with Gasteiger partial charge in [-0.3, -0.25) is 9.59 Å². The van der Waals surface area contributed by atoms with E-state index < -0.39 is 35.1 Å². The number of nitrogens with zero attached hydrogens (tertiary/aromatic N) is 4. The molecule has 2 aromatic heterocycles. The number of rotatable bonds is 6. The minimum absolute atomic E-state index is 0. The van der Waals surface area contributed by atoms with E-state index in [2.05, 4.69) is 35.9 Å². The topological polar surface area (TPSA) is 166 Å². The molecule has 0 spiro atoms. The van der Waals surface area contributed by atoms with E-state index in [-0.39, 0.29) is 35.9 Å². The standard InChI is InChI=1S/C20H16F2N4O2.C16H14F2N2O2.C4H3ClN2.ClH/c21-15-5-4-12(10-16(15)22)25-20(27)14-3-1-2-13-17(7-9-28-19(13)14)26-18-6-8-23-11-24-18;17-12-5-4-9(8-13(12)18)20-16(21)11-3-1-2-10-14(19)6-7-22-15(10)11;5-4-1-2-6-3-7-4;/h1-6,8,10-11,17H,7,9H2,(H,25,27)(H,23,24,26);1-5,8,14H,6-7,19H2,(H,20,21);1-3H;1H/t17-;14-;;/m00../s1. The van der Waals surface area contributed by atoms with Crippen molar-refractivity contribution in [3.63, 3.8) is 0 Å². The van der Waals surface area contributed by atoms with Crippen LogP contribution in [0.2, 0.25) is 5.15 Å². The van der Waals surface area contributed by atoms with Gasteiger partial charge >= 0.3 is 0 Å². The van der Waals surface area contributed by atoms with Crippen LogP contribution in [-0.2, 0) is 0 Å². The number of halogens is 6. The summed E-state index contributed by atoms with van der Waals surface area (Å²) in [5.41, 5.74) is 8.55. The van der Waals surface area contributed by atoms with Crippen LogP contribution in [0.1, 0.15) is 56.8 Å². The van der Waals surface area contributed by atoms with Gasteiger partial charge in [-0.15, -0.1) is 12.4 Å². The van der Waals surface area contributed by atoms with Gasteiger partial charge in [0.2, 0.25) is 0 Å². The lowest BCUT2D eigenvalue weighted by Gasteiger charge is -2.28. The number of benzene rings is 4. The number of hydrogen-bond acceptors (Lipinski definition) is 10. The van der Waals surface area contributed by atoms with Crippen molar-refractivity contribution in [1.29, 1.82) is 0 Å². The Balaban J connectivity index is 0.000000190. The van der Waals surface area contributed by atoms with Gasteiger partial charge in [0.05, 0.1) is 30.4 Å². The van der Waals surface area contributed by atoms with Crippen LogP contribution < -0.4 is 31.2 Å². The van der Waals surface area contributed by atoms with Crippen LogP contribution in [0.15, 0.2) is 110 Å². The molecule has 18 heteroatoms.